The van der Waals surface area contributed by atoms with E-state index in [9.17, 15) is 13.9 Å². The van der Waals surface area contributed by atoms with Crippen LogP contribution in [0, 0.1) is 20.8 Å². The summed E-state index contributed by atoms with van der Waals surface area (Å²) in [5, 5.41) is 11.3. The lowest BCUT2D eigenvalue weighted by atomic mass is 9.77. The van der Waals surface area contributed by atoms with Crippen LogP contribution in [-0.4, -0.2) is 16.0 Å². The molecule has 0 amide bonds. The SMILES string of the molecule is CC1=CC(c2c(C)oc(C)c2C)=Cc2c(C3(O)CCC(F)(F)CC3)c[nH]c2CC1. The van der Waals surface area contributed by atoms with Gasteiger partial charge in [0.2, 0.25) is 5.92 Å². The highest BCUT2D eigenvalue weighted by molar-refractivity contribution is 5.91. The van der Waals surface area contributed by atoms with Gasteiger partial charge in [-0.15, -0.1) is 0 Å². The molecule has 2 aliphatic rings. The Kier molecular flexibility index (Phi) is 4.85. The van der Waals surface area contributed by atoms with Crippen LogP contribution in [0.1, 0.15) is 78.5 Å². The maximum Gasteiger partial charge on any atom is 0.248 e. The number of allylic oxidation sites excluding steroid dienone is 3. The van der Waals surface area contributed by atoms with Gasteiger partial charge >= 0.3 is 0 Å². The van der Waals surface area contributed by atoms with Gasteiger partial charge in [-0.1, -0.05) is 11.6 Å². The molecule has 0 spiro atoms. The van der Waals surface area contributed by atoms with E-state index < -0.39 is 11.5 Å². The number of furan rings is 1. The fourth-order valence-electron chi connectivity index (χ4n) is 4.75. The lowest BCUT2D eigenvalue weighted by molar-refractivity contribution is -0.107. The number of halogens is 2. The third-order valence-corrected chi connectivity index (χ3v) is 6.64. The molecule has 29 heavy (non-hydrogen) atoms. The van der Waals surface area contributed by atoms with Crippen molar-refractivity contribution < 1.29 is 18.3 Å². The number of H-pyrrole nitrogens is 1. The van der Waals surface area contributed by atoms with Crippen molar-refractivity contribution in [2.75, 3.05) is 0 Å². The highest BCUT2D eigenvalue weighted by atomic mass is 19.3. The molecule has 0 unspecified atom stereocenters. The zero-order valence-electron chi connectivity index (χ0n) is 17.6. The summed E-state index contributed by atoms with van der Waals surface area (Å²) in [6, 6.07) is 0. The molecule has 5 heteroatoms. The van der Waals surface area contributed by atoms with Crippen LogP contribution >= 0.6 is 0 Å². The first-order valence-electron chi connectivity index (χ1n) is 10.4. The van der Waals surface area contributed by atoms with Gasteiger partial charge in [-0.05, 0) is 70.6 Å². The third-order valence-electron chi connectivity index (χ3n) is 6.64. The molecule has 2 heterocycles. The van der Waals surface area contributed by atoms with E-state index in [0.717, 1.165) is 57.9 Å². The van der Waals surface area contributed by atoms with E-state index in [4.69, 9.17) is 4.42 Å². The lowest BCUT2D eigenvalue weighted by Gasteiger charge is -2.36. The van der Waals surface area contributed by atoms with Crippen molar-refractivity contribution >= 4 is 11.6 Å². The molecule has 4 rings (SSSR count). The van der Waals surface area contributed by atoms with Crippen molar-refractivity contribution in [1.82, 2.24) is 4.98 Å². The Morgan fingerprint density at radius 3 is 2.28 bits per heavy atom. The predicted molar refractivity (Wildman–Crippen MR) is 111 cm³/mol. The Balaban J connectivity index is 1.84. The standard InChI is InChI=1S/C24H29F2NO2/c1-14-5-6-21-19(12-18(11-14)22-15(2)16(3)29-17(22)4)20(13-27-21)23(28)7-9-24(25,26)10-8-23/h11-13,27-28H,5-10H2,1-4H3. The smallest absolute Gasteiger partial charge is 0.248 e. The molecule has 1 fully saturated rings. The van der Waals surface area contributed by atoms with Crippen molar-refractivity contribution in [3.05, 3.63) is 57.3 Å². The summed E-state index contributed by atoms with van der Waals surface area (Å²) in [5.74, 6) is -0.917. The second-order valence-corrected chi connectivity index (χ2v) is 8.79. The normalized spacial score (nSPS) is 21.1. The lowest BCUT2D eigenvalue weighted by Crippen LogP contribution is -2.36. The average Bonchev–Trinajstić information content (AvgIpc) is 3.14. The van der Waals surface area contributed by atoms with Crippen molar-refractivity contribution in [3.63, 3.8) is 0 Å². The van der Waals surface area contributed by atoms with Crippen LogP contribution in [0.15, 0.2) is 22.3 Å². The third kappa shape index (κ3) is 3.61. The Labute approximate surface area is 170 Å². The van der Waals surface area contributed by atoms with E-state index in [2.05, 4.69) is 31.0 Å². The van der Waals surface area contributed by atoms with Gasteiger partial charge in [-0.2, -0.15) is 0 Å². The minimum Gasteiger partial charge on any atom is -0.466 e. The highest BCUT2D eigenvalue weighted by Crippen LogP contribution is 2.46. The Morgan fingerprint density at radius 2 is 1.66 bits per heavy atom. The number of aromatic amines is 1. The molecule has 3 nitrogen and oxygen atoms in total. The maximum absolute atomic E-state index is 13.7. The number of rotatable bonds is 2. The molecule has 0 atom stereocenters. The Morgan fingerprint density at radius 1 is 0.966 bits per heavy atom. The van der Waals surface area contributed by atoms with E-state index in [1.807, 2.05) is 20.0 Å². The Hall–Kier alpha value is -2.14. The van der Waals surface area contributed by atoms with Gasteiger partial charge < -0.3 is 14.5 Å². The first kappa shape index (κ1) is 20.1. The number of hydrogen-bond acceptors (Lipinski definition) is 2. The van der Waals surface area contributed by atoms with Crippen LogP contribution in [0.5, 0.6) is 0 Å². The highest BCUT2D eigenvalue weighted by Gasteiger charge is 2.44. The van der Waals surface area contributed by atoms with Gasteiger partial charge in [0.15, 0.2) is 0 Å². The quantitative estimate of drug-likeness (QED) is 0.615. The van der Waals surface area contributed by atoms with Crippen LogP contribution < -0.4 is 0 Å². The molecule has 0 radical (unpaired) electrons. The van der Waals surface area contributed by atoms with E-state index in [0.29, 0.717) is 0 Å². The maximum atomic E-state index is 13.7. The van der Waals surface area contributed by atoms with Crippen LogP contribution in [0.2, 0.25) is 0 Å². The number of hydrogen-bond donors (Lipinski definition) is 2. The summed E-state index contributed by atoms with van der Waals surface area (Å²) in [5.41, 5.74) is 6.00. The van der Waals surface area contributed by atoms with E-state index in [1.54, 1.807) is 0 Å². The largest absolute Gasteiger partial charge is 0.466 e. The summed E-state index contributed by atoms with van der Waals surface area (Å²) < 4.78 is 33.3. The summed E-state index contributed by atoms with van der Waals surface area (Å²) >= 11 is 0. The fraction of sp³-hybridized carbons (Fsp3) is 0.500. The number of nitrogens with one attached hydrogen (secondary N) is 1. The molecule has 156 valence electrons. The molecule has 0 bridgehead atoms. The van der Waals surface area contributed by atoms with Gasteiger partial charge in [0.05, 0.1) is 5.60 Å². The van der Waals surface area contributed by atoms with Gasteiger partial charge in [0.1, 0.15) is 11.5 Å². The van der Waals surface area contributed by atoms with E-state index in [1.165, 1.54) is 5.57 Å². The zero-order valence-corrected chi connectivity index (χ0v) is 17.6. The topological polar surface area (TPSA) is 49.2 Å². The minimum atomic E-state index is -2.68. The molecule has 2 N–H and O–H groups in total. The summed E-state index contributed by atoms with van der Waals surface area (Å²) in [4.78, 5) is 3.32. The summed E-state index contributed by atoms with van der Waals surface area (Å²) in [6.45, 7) is 8.11. The van der Waals surface area contributed by atoms with Gasteiger partial charge in [-0.3, -0.25) is 0 Å². The van der Waals surface area contributed by atoms with Crippen molar-refractivity contribution in [1.29, 1.82) is 0 Å². The van der Waals surface area contributed by atoms with Crippen LogP contribution in [0.25, 0.3) is 11.6 Å². The molecular formula is C24H29F2NO2. The molecule has 2 aromatic heterocycles. The second kappa shape index (κ2) is 6.98. The van der Waals surface area contributed by atoms with Crippen molar-refractivity contribution in [2.24, 2.45) is 0 Å². The molecule has 0 aliphatic heterocycles. The Bertz CT molecular complexity index is 996. The number of fused-ring (bicyclic) bond motifs is 1. The summed E-state index contributed by atoms with van der Waals surface area (Å²) in [7, 11) is 0. The number of aliphatic hydroxyl groups is 1. The minimum absolute atomic E-state index is 0.0746. The average molecular weight is 401 g/mol. The van der Waals surface area contributed by atoms with E-state index >= 15 is 0 Å². The molecule has 1 saturated carbocycles. The molecule has 2 aromatic rings. The van der Waals surface area contributed by atoms with Crippen molar-refractivity contribution in [2.45, 2.75) is 77.7 Å². The second-order valence-electron chi connectivity index (χ2n) is 8.79. The predicted octanol–water partition coefficient (Wildman–Crippen LogP) is 6.36. The molecule has 0 aromatic carbocycles. The van der Waals surface area contributed by atoms with Gasteiger partial charge in [0.25, 0.3) is 0 Å². The molecule has 2 aliphatic carbocycles. The zero-order chi connectivity index (χ0) is 21.0. The fourth-order valence-corrected chi connectivity index (χ4v) is 4.75. The van der Waals surface area contributed by atoms with Gasteiger partial charge in [-0.25, -0.2) is 8.78 Å². The van der Waals surface area contributed by atoms with Crippen molar-refractivity contribution in [3.8, 4) is 0 Å². The molecular weight excluding hydrogens is 372 g/mol. The number of alkyl halides is 2. The summed E-state index contributed by atoms with van der Waals surface area (Å²) in [6.07, 6.45) is 7.42. The first-order chi connectivity index (χ1) is 13.6. The molecule has 0 saturated heterocycles. The van der Waals surface area contributed by atoms with Crippen LogP contribution in [0.4, 0.5) is 8.78 Å². The van der Waals surface area contributed by atoms with Crippen LogP contribution in [0.3, 0.4) is 0 Å². The van der Waals surface area contributed by atoms with Gasteiger partial charge in [0, 0.05) is 41.4 Å². The monoisotopic (exact) mass is 401 g/mol. The first-order valence-corrected chi connectivity index (χ1v) is 10.4. The number of aryl methyl sites for hydroxylation is 3. The van der Waals surface area contributed by atoms with E-state index in [-0.39, 0.29) is 25.7 Å². The van der Waals surface area contributed by atoms with Crippen LogP contribution in [-0.2, 0) is 12.0 Å². The number of aromatic nitrogens is 1.